The number of imidazole rings is 1. The van der Waals surface area contributed by atoms with Gasteiger partial charge in [-0.2, -0.15) is 0 Å². The quantitative estimate of drug-likeness (QED) is 0.541. The molecular formula is C17H19N7O2. The van der Waals surface area contributed by atoms with Gasteiger partial charge in [0.15, 0.2) is 0 Å². The minimum atomic E-state index is -0.434. The largest absolute Gasteiger partial charge is 0.368 e. The number of hydrogen-bond acceptors (Lipinski definition) is 7. The predicted molar refractivity (Wildman–Crippen MR) is 99.3 cm³/mol. The van der Waals surface area contributed by atoms with Gasteiger partial charge in [-0.15, -0.1) is 0 Å². The molecule has 0 aliphatic carbocycles. The van der Waals surface area contributed by atoms with Crippen LogP contribution >= 0.6 is 0 Å². The number of aromatic nitrogens is 3. The van der Waals surface area contributed by atoms with Gasteiger partial charge in [0.1, 0.15) is 17.8 Å². The first kappa shape index (κ1) is 16.3. The van der Waals surface area contributed by atoms with Crippen molar-refractivity contribution < 1.29 is 4.92 Å². The summed E-state index contributed by atoms with van der Waals surface area (Å²) in [6.45, 7) is 3.70. The van der Waals surface area contributed by atoms with Crippen molar-refractivity contribution in [1.29, 1.82) is 0 Å². The van der Waals surface area contributed by atoms with E-state index in [0.717, 1.165) is 54.5 Å². The number of piperazine rings is 1. The van der Waals surface area contributed by atoms with Crippen LogP contribution in [-0.4, -0.2) is 46.1 Å². The van der Waals surface area contributed by atoms with Crippen LogP contribution in [0, 0.1) is 10.1 Å². The highest BCUT2D eigenvalue weighted by Gasteiger charge is 2.19. The summed E-state index contributed by atoms with van der Waals surface area (Å²) in [6.07, 6.45) is 1.31. The Kier molecular flexibility index (Phi) is 4.13. The van der Waals surface area contributed by atoms with E-state index in [0.29, 0.717) is 6.54 Å². The number of nitrogens with one attached hydrogen (secondary N) is 1. The van der Waals surface area contributed by atoms with Crippen molar-refractivity contribution in [2.75, 3.05) is 36.0 Å². The van der Waals surface area contributed by atoms with E-state index >= 15 is 0 Å². The third-order valence-electron chi connectivity index (χ3n) is 4.62. The van der Waals surface area contributed by atoms with E-state index in [1.54, 1.807) is 6.07 Å². The Morgan fingerprint density at radius 3 is 2.58 bits per heavy atom. The van der Waals surface area contributed by atoms with Crippen LogP contribution in [0.2, 0.25) is 0 Å². The van der Waals surface area contributed by atoms with Gasteiger partial charge in [0.2, 0.25) is 0 Å². The van der Waals surface area contributed by atoms with Crippen molar-refractivity contribution >= 4 is 28.2 Å². The summed E-state index contributed by atoms with van der Waals surface area (Å²) in [5, 5.41) is 10.7. The second-order valence-electron chi connectivity index (χ2n) is 6.19. The molecule has 0 amide bonds. The van der Waals surface area contributed by atoms with Crippen molar-refractivity contribution in [3.8, 4) is 0 Å². The average Bonchev–Trinajstić information content (AvgIpc) is 3.10. The number of hydrogen-bond donors (Lipinski definition) is 2. The summed E-state index contributed by atoms with van der Waals surface area (Å²) >= 11 is 0. The van der Waals surface area contributed by atoms with Gasteiger partial charge in [0, 0.05) is 37.9 Å². The van der Waals surface area contributed by atoms with Crippen LogP contribution in [0.25, 0.3) is 11.0 Å². The fourth-order valence-corrected chi connectivity index (χ4v) is 3.21. The molecule has 3 aromatic rings. The first-order valence-corrected chi connectivity index (χ1v) is 8.43. The summed E-state index contributed by atoms with van der Waals surface area (Å²) in [7, 11) is 0. The summed E-state index contributed by atoms with van der Waals surface area (Å²) < 4.78 is 0. The van der Waals surface area contributed by atoms with Crippen LogP contribution in [0.15, 0.2) is 36.5 Å². The molecule has 1 aliphatic heterocycles. The highest BCUT2D eigenvalue weighted by atomic mass is 16.6. The van der Waals surface area contributed by atoms with E-state index in [1.165, 1.54) is 12.3 Å². The Labute approximate surface area is 149 Å². The maximum Gasteiger partial charge on any atom is 0.287 e. The number of anilines is 2. The van der Waals surface area contributed by atoms with Crippen LogP contribution in [0.3, 0.4) is 0 Å². The number of fused-ring (bicyclic) bond motifs is 1. The van der Waals surface area contributed by atoms with E-state index in [9.17, 15) is 10.1 Å². The molecule has 1 aromatic carbocycles. The molecule has 0 atom stereocenters. The molecule has 0 radical (unpaired) electrons. The molecular weight excluding hydrogens is 334 g/mol. The summed E-state index contributed by atoms with van der Waals surface area (Å²) in [4.78, 5) is 26.6. The van der Waals surface area contributed by atoms with E-state index < -0.39 is 4.92 Å². The van der Waals surface area contributed by atoms with Gasteiger partial charge in [-0.05, 0) is 24.3 Å². The van der Waals surface area contributed by atoms with Crippen molar-refractivity contribution in [2.45, 2.75) is 6.54 Å². The number of nitrogens with two attached hydrogens (primary N) is 1. The maximum atomic E-state index is 10.7. The molecule has 2 aromatic heterocycles. The highest BCUT2D eigenvalue weighted by molar-refractivity contribution is 5.79. The zero-order valence-corrected chi connectivity index (χ0v) is 14.1. The molecule has 9 nitrogen and oxygen atoms in total. The molecule has 1 fully saturated rings. The lowest BCUT2D eigenvalue weighted by molar-refractivity contribution is -0.385. The van der Waals surface area contributed by atoms with E-state index in [4.69, 9.17) is 5.73 Å². The first-order chi connectivity index (χ1) is 12.6. The molecule has 1 aliphatic rings. The molecule has 4 rings (SSSR count). The Morgan fingerprint density at radius 1 is 1.15 bits per heavy atom. The first-order valence-electron chi connectivity index (χ1n) is 8.43. The van der Waals surface area contributed by atoms with E-state index in [1.807, 2.05) is 6.07 Å². The van der Waals surface area contributed by atoms with Crippen LogP contribution in [-0.2, 0) is 6.54 Å². The lowest BCUT2D eigenvalue weighted by Gasteiger charge is -2.36. The van der Waals surface area contributed by atoms with E-state index in [-0.39, 0.29) is 5.69 Å². The molecule has 0 unspecified atom stereocenters. The normalized spacial score (nSPS) is 14.8. The number of benzene rings is 1. The Morgan fingerprint density at radius 2 is 1.92 bits per heavy atom. The fraction of sp³-hybridized carbons (Fsp3) is 0.294. The highest BCUT2D eigenvalue weighted by Crippen LogP contribution is 2.23. The summed E-state index contributed by atoms with van der Waals surface area (Å²) in [5.74, 6) is 1.55. The summed E-state index contributed by atoms with van der Waals surface area (Å²) in [5.41, 5.74) is 8.70. The van der Waals surface area contributed by atoms with Crippen LogP contribution in [0.5, 0.6) is 0 Å². The molecule has 3 N–H and O–H groups in total. The zero-order valence-electron chi connectivity index (χ0n) is 14.1. The van der Waals surface area contributed by atoms with Crippen molar-refractivity contribution in [3.63, 3.8) is 0 Å². The maximum absolute atomic E-state index is 10.7. The molecule has 9 heteroatoms. The van der Waals surface area contributed by atoms with Gasteiger partial charge in [-0.1, -0.05) is 0 Å². The Bertz CT molecular complexity index is 930. The number of aromatic amines is 1. The third-order valence-corrected chi connectivity index (χ3v) is 4.62. The number of nitro groups is 1. The second-order valence-corrected chi connectivity index (χ2v) is 6.19. The van der Waals surface area contributed by atoms with Gasteiger partial charge in [-0.25, -0.2) is 9.97 Å². The fourth-order valence-electron chi connectivity index (χ4n) is 3.21. The number of pyridine rings is 1. The van der Waals surface area contributed by atoms with Gasteiger partial charge >= 0.3 is 0 Å². The average molecular weight is 353 g/mol. The molecule has 0 spiro atoms. The van der Waals surface area contributed by atoms with E-state index in [2.05, 4.69) is 36.9 Å². The van der Waals surface area contributed by atoms with Gasteiger partial charge in [0.25, 0.3) is 5.69 Å². The van der Waals surface area contributed by atoms with Gasteiger partial charge < -0.3 is 20.5 Å². The smallest absolute Gasteiger partial charge is 0.287 e. The molecule has 0 saturated carbocycles. The molecule has 26 heavy (non-hydrogen) atoms. The SMILES string of the molecule is NCc1nc2ccc(N3CCN(c4ccc([N+](=O)[O-])cn4)CC3)cc2[nH]1. The molecule has 0 bridgehead atoms. The van der Waals surface area contributed by atoms with Gasteiger partial charge in [0.05, 0.1) is 22.5 Å². The molecule has 1 saturated heterocycles. The molecule has 134 valence electrons. The lowest BCUT2D eigenvalue weighted by Crippen LogP contribution is -2.46. The van der Waals surface area contributed by atoms with Crippen LogP contribution in [0.4, 0.5) is 17.2 Å². The zero-order chi connectivity index (χ0) is 18.1. The number of nitrogens with zero attached hydrogens (tertiary/aromatic N) is 5. The minimum Gasteiger partial charge on any atom is -0.368 e. The van der Waals surface area contributed by atoms with Gasteiger partial charge in [-0.3, -0.25) is 10.1 Å². The van der Waals surface area contributed by atoms with Crippen molar-refractivity contribution in [1.82, 2.24) is 15.0 Å². The van der Waals surface area contributed by atoms with Crippen molar-refractivity contribution in [2.24, 2.45) is 5.73 Å². The number of H-pyrrole nitrogens is 1. The monoisotopic (exact) mass is 353 g/mol. The molecule has 3 heterocycles. The lowest BCUT2D eigenvalue weighted by atomic mass is 10.2. The topological polar surface area (TPSA) is 117 Å². The van der Waals surface area contributed by atoms with Crippen molar-refractivity contribution in [3.05, 3.63) is 52.5 Å². The standard InChI is InChI=1S/C17H19N7O2/c18-10-16-20-14-3-1-12(9-15(14)21-16)22-5-7-23(8-6-22)17-4-2-13(11-19-17)24(25)26/h1-4,9,11H,5-8,10,18H2,(H,20,21). The third kappa shape index (κ3) is 3.04. The minimum absolute atomic E-state index is 0.0112. The number of rotatable bonds is 4. The predicted octanol–water partition coefficient (Wildman–Crippen LogP) is 1.65. The Hall–Kier alpha value is -3.20. The van der Waals surface area contributed by atoms with Crippen LogP contribution in [0.1, 0.15) is 5.82 Å². The Balaban J connectivity index is 1.45. The van der Waals surface area contributed by atoms with Crippen LogP contribution < -0.4 is 15.5 Å². The second kappa shape index (κ2) is 6.60. The summed E-state index contributed by atoms with van der Waals surface area (Å²) in [6, 6.07) is 9.38.